The Labute approximate surface area is 145 Å². The summed E-state index contributed by atoms with van der Waals surface area (Å²) in [6, 6.07) is 2.14. The lowest BCUT2D eigenvalue weighted by Gasteiger charge is -2.62. The number of alkyl halides is 3. The summed E-state index contributed by atoms with van der Waals surface area (Å²) in [7, 11) is 0. The summed E-state index contributed by atoms with van der Waals surface area (Å²) in [5.41, 5.74) is 0.900. The zero-order chi connectivity index (χ0) is 18.5. The van der Waals surface area contributed by atoms with Crippen molar-refractivity contribution in [1.29, 1.82) is 0 Å². The number of amides is 1. The third-order valence-electron chi connectivity index (χ3n) is 4.64. The number of halogens is 3. The Kier molecular flexibility index (Phi) is 3.68. The number of hydrogen-bond donors (Lipinski definition) is 2. The van der Waals surface area contributed by atoms with Crippen molar-refractivity contribution in [2.45, 2.75) is 18.3 Å². The lowest BCUT2D eigenvalue weighted by atomic mass is 9.86. The fraction of sp³-hybridized carbons (Fsp3) is 0.333. The number of hydroxylamine groups is 1. The predicted octanol–water partition coefficient (Wildman–Crippen LogP) is 1.09. The zero-order valence-corrected chi connectivity index (χ0v) is 13.2. The summed E-state index contributed by atoms with van der Waals surface area (Å²) in [4.78, 5) is 27.2. The molecular weight excluding hydrogens is 353 g/mol. The minimum atomic E-state index is -4.40. The van der Waals surface area contributed by atoms with Crippen LogP contribution >= 0.6 is 0 Å². The maximum Gasteiger partial charge on any atom is 0.416 e. The Morgan fingerprint density at radius 1 is 1.15 bits per heavy atom. The van der Waals surface area contributed by atoms with Crippen LogP contribution in [0.5, 0.6) is 0 Å². The van der Waals surface area contributed by atoms with Gasteiger partial charge in [-0.2, -0.15) is 13.2 Å². The van der Waals surface area contributed by atoms with Crippen LogP contribution in [-0.4, -0.2) is 51.2 Å². The second kappa shape index (κ2) is 5.80. The number of nitrogens with one attached hydrogen (secondary N) is 1. The number of carbonyl (C=O) groups is 1. The molecule has 0 spiro atoms. The van der Waals surface area contributed by atoms with Crippen molar-refractivity contribution >= 4 is 17.7 Å². The third-order valence-corrected chi connectivity index (χ3v) is 4.64. The largest absolute Gasteiger partial charge is 0.416 e. The molecule has 8 nitrogen and oxygen atoms in total. The molecule has 2 aliphatic rings. The van der Waals surface area contributed by atoms with Crippen LogP contribution in [0.2, 0.25) is 0 Å². The van der Waals surface area contributed by atoms with Gasteiger partial charge in [0.15, 0.2) is 0 Å². The Balaban J connectivity index is 1.43. The van der Waals surface area contributed by atoms with Gasteiger partial charge in [0.05, 0.1) is 23.2 Å². The minimum absolute atomic E-state index is 0.0509. The van der Waals surface area contributed by atoms with Crippen molar-refractivity contribution in [2.24, 2.45) is 0 Å². The number of aromatic nitrogens is 3. The van der Waals surface area contributed by atoms with Gasteiger partial charge in [-0.25, -0.2) is 20.4 Å². The first-order valence-corrected chi connectivity index (χ1v) is 7.71. The standard InChI is InChI=1S/C15H13F3N6O2/c16-15(17,18)9-1-2-19-12(3-9)23-6-11-10(23)7-24(11)14-20-4-8(5-21-14)13(25)22-26/h1-5,10-11,26H,6-7H2,(H,22,25)/t10-,11?/m1/s1. The molecule has 0 aliphatic carbocycles. The molecule has 2 saturated heterocycles. The van der Waals surface area contributed by atoms with Crippen molar-refractivity contribution in [3.05, 3.63) is 41.9 Å². The molecule has 26 heavy (non-hydrogen) atoms. The van der Waals surface area contributed by atoms with Gasteiger partial charge in [-0.1, -0.05) is 0 Å². The van der Waals surface area contributed by atoms with Crippen LogP contribution in [0.1, 0.15) is 15.9 Å². The molecule has 0 bridgehead atoms. The normalized spacial score (nSPS) is 21.5. The van der Waals surface area contributed by atoms with Gasteiger partial charge < -0.3 is 9.80 Å². The van der Waals surface area contributed by atoms with E-state index in [-0.39, 0.29) is 17.6 Å². The Morgan fingerprint density at radius 2 is 1.81 bits per heavy atom. The quantitative estimate of drug-likeness (QED) is 0.620. The number of carbonyl (C=O) groups excluding carboxylic acids is 1. The van der Waals surface area contributed by atoms with Crippen molar-refractivity contribution in [2.75, 3.05) is 22.9 Å². The highest BCUT2D eigenvalue weighted by molar-refractivity contribution is 5.92. The summed E-state index contributed by atoms with van der Waals surface area (Å²) in [5.74, 6) is 0.0254. The van der Waals surface area contributed by atoms with E-state index in [1.54, 1.807) is 0 Å². The van der Waals surface area contributed by atoms with Crippen LogP contribution in [-0.2, 0) is 6.18 Å². The molecule has 2 aromatic heterocycles. The molecule has 2 aromatic rings. The number of pyridine rings is 1. The SMILES string of the molecule is O=C(NO)c1cnc(N2C[C@@H]3C2CN3c2cc(C(F)(F)F)ccn2)nc1. The van der Waals surface area contributed by atoms with E-state index in [4.69, 9.17) is 5.21 Å². The van der Waals surface area contributed by atoms with E-state index < -0.39 is 17.6 Å². The van der Waals surface area contributed by atoms with Crippen LogP contribution in [0.4, 0.5) is 24.9 Å². The zero-order valence-electron chi connectivity index (χ0n) is 13.2. The van der Waals surface area contributed by atoms with Crippen LogP contribution < -0.4 is 15.3 Å². The monoisotopic (exact) mass is 366 g/mol. The van der Waals surface area contributed by atoms with E-state index in [9.17, 15) is 18.0 Å². The number of nitrogens with zero attached hydrogens (tertiary/aromatic N) is 5. The molecule has 4 rings (SSSR count). The highest BCUT2D eigenvalue weighted by Gasteiger charge is 2.53. The summed E-state index contributed by atoms with van der Waals surface area (Å²) < 4.78 is 38.5. The maximum atomic E-state index is 12.8. The van der Waals surface area contributed by atoms with Crippen molar-refractivity contribution < 1.29 is 23.2 Å². The number of anilines is 2. The van der Waals surface area contributed by atoms with Gasteiger partial charge in [-0.05, 0) is 12.1 Å². The summed E-state index contributed by atoms with van der Waals surface area (Å²) in [6.45, 7) is 1.06. The molecule has 1 unspecified atom stereocenters. The van der Waals surface area contributed by atoms with Crippen LogP contribution in [0, 0.1) is 0 Å². The minimum Gasteiger partial charge on any atom is -0.348 e. The van der Waals surface area contributed by atoms with Crippen LogP contribution in [0.15, 0.2) is 30.7 Å². The Morgan fingerprint density at radius 3 is 2.38 bits per heavy atom. The molecule has 2 fully saturated rings. The number of piperazine rings is 1. The number of hydrogen-bond acceptors (Lipinski definition) is 7. The van der Waals surface area contributed by atoms with E-state index in [1.165, 1.54) is 17.9 Å². The van der Waals surface area contributed by atoms with Crippen molar-refractivity contribution in [1.82, 2.24) is 20.4 Å². The first-order valence-electron chi connectivity index (χ1n) is 7.71. The summed E-state index contributed by atoms with van der Waals surface area (Å²) in [5, 5.41) is 8.57. The first kappa shape index (κ1) is 16.5. The topological polar surface area (TPSA) is 94.5 Å². The molecular formula is C15H13F3N6O2. The van der Waals surface area contributed by atoms with Crippen LogP contribution in [0.25, 0.3) is 0 Å². The average molecular weight is 366 g/mol. The molecule has 2 N–H and O–H groups in total. The molecule has 2 atom stereocenters. The van der Waals surface area contributed by atoms with E-state index in [2.05, 4.69) is 15.0 Å². The maximum absolute atomic E-state index is 12.8. The smallest absolute Gasteiger partial charge is 0.348 e. The molecule has 1 amide bonds. The summed E-state index contributed by atoms with van der Waals surface area (Å²) >= 11 is 0. The molecule has 4 heterocycles. The molecule has 0 saturated carbocycles. The van der Waals surface area contributed by atoms with E-state index in [0.717, 1.165) is 18.3 Å². The molecule has 11 heteroatoms. The third kappa shape index (κ3) is 2.60. The van der Waals surface area contributed by atoms with Gasteiger partial charge in [0, 0.05) is 31.7 Å². The second-order valence-electron chi connectivity index (χ2n) is 6.05. The van der Waals surface area contributed by atoms with E-state index in [0.29, 0.717) is 24.9 Å². The first-order chi connectivity index (χ1) is 12.4. The fourth-order valence-electron chi connectivity index (χ4n) is 3.15. The second-order valence-corrected chi connectivity index (χ2v) is 6.05. The highest BCUT2D eigenvalue weighted by atomic mass is 19.4. The van der Waals surface area contributed by atoms with Crippen molar-refractivity contribution in [3.8, 4) is 0 Å². The molecule has 0 radical (unpaired) electrons. The van der Waals surface area contributed by atoms with Crippen molar-refractivity contribution in [3.63, 3.8) is 0 Å². The van der Waals surface area contributed by atoms with Gasteiger partial charge in [0.2, 0.25) is 5.95 Å². The lowest BCUT2D eigenvalue weighted by Crippen LogP contribution is -2.80. The van der Waals surface area contributed by atoms with Gasteiger partial charge >= 0.3 is 6.18 Å². The predicted molar refractivity (Wildman–Crippen MR) is 82.8 cm³/mol. The number of rotatable bonds is 3. The van der Waals surface area contributed by atoms with Gasteiger partial charge in [-0.15, -0.1) is 0 Å². The Bertz CT molecular complexity index is 844. The molecule has 136 valence electrons. The fourth-order valence-corrected chi connectivity index (χ4v) is 3.15. The van der Waals surface area contributed by atoms with E-state index in [1.807, 2.05) is 9.80 Å². The molecule has 2 aliphatic heterocycles. The average Bonchev–Trinajstić information content (AvgIpc) is 2.62. The van der Waals surface area contributed by atoms with Gasteiger partial charge in [0.1, 0.15) is 5.82 Å². The Hall–Kier alpha value is -2.95. The highest BCUT2D eigenvalue weighted by Crippen LogP contribution is 2.39. The summed E-state index contributed by atoms with van der Waals surface area (Å²) in [6.07, 6.45) is -0.641. The van der Waals surface area contributed by atoms with E-state index >= 15 is 0 Å². The molecule has 0 aromatic carbocycles. The number of fused-ring (bicyclic) bond motifs is 1. The van der Waals surface area contributed by atoms with Gasteiger partial charge in [-0.3, -0.25) is 10.0 Å². The van der Waals surface area contributed by atoms with Crippen LogP contribution in [0.3, 0.4) is 0 Å². The van der Waals surface area contributed by atoms with Gasteiger partial charge in [0.25, 0.3) is 5.91 Å². The lowest BCUT2D eigenvalue weighted by molar-refractivity contribution is -0.137.